The highest BCUT2D eigenvalue weighted by Gasteiger charge is 2.25. The molecule has 1 atom stereocenters. The lowest BCUT2D eigenvalue weighted by molar-refractivity contribution is 0.0894. The van der Waals surface area contributed by atoms with Crippen LogP contribution in [0.25, 0.3) is 0 Å². The van der Waals surface area contributed by atoms with E-state index >= 15 is 0 Å². The summed E-state index contributed by atoms with van der Waals surface area (Å²) in [6, 6.07) is 10.4. The van der Waals surface area contributed by atoms with Crippen molar-refractivity contribution in [1.29, 1.82) is 0 Å². The van der Waals surface area contributed by atoms with E-state index in [-0.39, 0.29) is 11.9 Å². The van der Waals surface area contributed by atoms with E-state index in [1.165, 1.54) is 5.56 Å². The van der Waals surface area contributed by atoms with Crippen molar-refractivity contribution < 1.29 is 9.21 Å². The van der Waals surface area contributed by atoms with Crippen LogP contribution >= 0.6 is 11.6 Å². The summed E-state index contributed by atoms with van der Waals surface area (Å²) in [6.45, 7) is 5.97. The van der Waals surface area contributed by atoms with E-state index in [4.69, 9.17) is 16.0 Å². The largest absolute Gasteiger partial charge is 0.469 e. The summed E-state index contributed by atoms with van der Waals surface area (Å²) >= 11 is 5.96. The van der Waals surface area contributed by atoms with E-state index in [1.54, 1.807) is 12.3 Å². The molecule has 5 heteroatoms. The van der Waals surface area contributed by atoms with Crippen molar-refractivity contribution >= 4 is 17.5 Å². The van der Waals surface area contributed by atoms with Gasteiger partial charge in [-0.05, 0) is 50.5 Å². The lowest BCUT2D eigenvalue weighted by Crippen LogP contribution is -2.45. The van der Waals surface area contributed by atoms with E-state index in [1.807, 2.05) is 19.1 Å². The van der Waals surface area contributed by atoms with Crippen LogP contribution in [0.1, 0.15) is 47.5 Å². The number of benzene rings is 1. The number of likely N-dealkylation sites (tertiary alicyclic amines) is 1. The first kappa shape index (κ1) is 17.1. The quantitative estimate of drug-likeness (QED) is 0.902. The van der Waals surface area contributed by atoms with Gasteiger partial charge in [0.2, 0.25) is 0 Å². The number of carbonyl (C=O) groups excluding carboxylic acids is 1. The Morgan fingerprint density at radius 3 is 2.50 bits per heavy atom. The monoisotopic (exact) mass is 346 g/mol. The van der Waals surface area contributed by atoms with Gasteiger partial charge in [-0.3, -0.25) is 9.69 Å². The Hall–Kier alpha value is -1.78. The molecule has 128 valence electrons. The molecule has 1 fully saturated rings. The number of amides is 1. The second-order valence-electron chi connectivity index (χ2n) is 6.40. The molecular weight excluding hydrogens is 324 g/mol. The van der Waals surface area contributed by atoms with E-state index in [2.05, 4.69) is 29.3 Å². The van der Waals surface area contributed by atoms with Gasteiger partial charge in [0.05, 0.1) is 11.8 Å². The molecule has 0 spiro atoms. The number of hydrogen-bond acceptors (Lipinski definition) is 3. The van der Waals surface area contributed by atoms with E-state index < -0.39 is 0 Å². The highest BCUT2D eigenvalue weighted by atomic mass is 35.5. The minimum Gasteiger partial charge on any atom is -0.469 e. The molecule has 1 N–H and O–H groups in total. The Balaban J connectivity index is 1.53. The lowest BCUT2D eigenvalue weighted by Gasteiger charge is -2.36. The van der Waals surface area contributed by atoms with Crippen molar-refractivity contribution in [3.05, 3.63) is 58.5 Å². The Morgan fingerprint density at radius 2 is 1.92 bits per heavy atom. The Morgan fingerprint density at radius 1 is 1.25 bits per heavy atom. The average molecular weight is 347 g/mol. The molecule has 1 amide bonds. The third kappa shape index (κ3) is 3.82. The molecule has 0 saturated carbocycles. The van der Waals surface area contributed by atoms with Crippen LogP contribution in [0.2, 0.25) is 5.02 Å². The molecule has 1 aromatic carbocycles. The molecule has 2 heterocycles. The maximum Gasteiger partial charge on any atom is 0.255 e. The molecule has 0 bridgehead atoms. The summed E-state index contributed by atoms with van der Waals surface area (Å²) in [5, 5.41) is 3.89. The van der Waals surface area contributed by atoms with Crippen molar-refractivity contribution in [2.75, 3.05) is 13.1 Å². The van der Waals surface area contributed by atoms with Crippen LogP contribution < -0.4 is 5.32 Å². The minimum absolute atomic E-state index is 0.0366. The van der Waals surface area contributed by atoms with Gasteiger partial charge in [0, 0.05) is 30.2 Å². The zero-order valence-electron chi connectivity index (χ0n) is 14.1. The fourth-order valence-electron chi connectivity index (χ4n) is 3.27. The van der Waals surface area contributed by atoms with Gasteiger partial charge in [0.15, 0.2) is 0 Å². The van der Waals surface area contributed by atoms with E-state index in [0.29, 0.717) is 17.4 Å². The standard InChI is InChI=1S/C19H23ClN2O2/c1-13(15-3-5-16(20)6-4-15)22-10-7-17(8-11-22)21-19(23)18-9-12-24-14(18)2/h3-6,9,12-13,17H,7-8,10-11H2,1-2H3,(H,21,23). The van der Waals surface area contributed by atoms with Crippen molar-refractivity contribution in [2.45, 2.75) is 38.8 Å². The fraction of sp³-hybridized carbons (Fsp3) is 0.421. The average Bonchev–Trinajstić information content (AvgIpc) is 3.02. The normalized spacial score (nSPS) is 17.6. The number of rotatable bonds is 4. The number of furan rings is 1. The zero-order valence-corrected chi connectivity index (χ0v) is 14.8. The van der Waals surface area contributed by atoms with Crippen LogP contribution in [0.5, 0.6) is 0 Å². The van der Waals surface area contributed by atoms with Crippen molar-refractivity contribution in [1.82, 2.24) is 10.2 Å². The van der Waals surface area contributed by atoms with Crippen LogP contribution in [0.15, 0.2) is 41.0 Å². The third-order valence-electron chi connectivity index (χ3n) is 4.87. The molecule has 2 aromatic rings. The molecule has 4 nitrogen and oxygen atoms in total. The van der Waals surface area contributed by atoms with Gasteiger partial charge in [-0.25, -0.2) is 0 Å². The summed E-state index contributed by atoms with van der Waals surface area (Å²) in [5.41, 5.74) is 1.91. The first-order valence-electron chi connectivity index (χ1n) is 8.39. The summed E-state index contributed by atoms with van der Waals surface area (Å²) in [6.07, 6.45) is 3.47. The number of piperidine rings is 1. The number of nitrogens with zero attached hydrogens (tertiary/aromatic N) is 1. The summed E-state index contributed by atoms with van der Waals surface area (Å²) in [7, 11) is 0. The fourth-order valence-corrected chi connectivity index (χ4v) is 3.39. The molecule has 24 heavy (non-hydrogen) atoms. The molecule has 0 aliphatic carbocycles. The number of nitrogens with one attached hydrogen (secondary N) is 1. The molecule has 1 unspecified atom stereocenters. The maximum absolute atomic E-state index is 12.3. The van der Waals surface area contributed by atoms with Gasteiger partial charge in [-0.15, -0.1) is 0 Å². The molecule has 0 radical (unpaired) electrons. The number of hydrogen-bond donors (Lipinski definition) is 1. The van der Waals surface area contributed by atoms with Gasteiger partial charge < -0.3 is 9.73 Å². The Labute approximate surface area is 147 Å². The third-order valence-corrected chi connectivity index (χ3v) is 5.12. The zero-order chi connectivity index (χ0) is 17.1. The van der Waals surface area contributed by atoms with Crippen molar-refractivity contribution in [3.63, 3.8) is 0 Å². The summed E-state index contributed by atoms with van der Waals surface area (Å²) in [5.74, 6) is 0.631. The minimum atomic E-state index is -0.0366. The van der Waals surface area contributed by atoms with Crippen LogP contribution in [-0.4, -0.2) is 29.9 Å². The van der Waals surface area contributed by atoms with Crippen LogP contribution in [-0.2, 0) is 0 Å². The second-order valence-corrected chi connectivity index (χ2v) is 6.84. The van der Waals surface area contributed by atoms with Crippen LogP contribution in [0, 0.1) is 6.92 Å². The first-order chi connectivity index (χ1) is 11.5. The predicted molar refractivity (Wildman–Crippen MR) is 95.4 cm³/mol. The Kier molecular flexibility index (Phi) is 5.27. The highest BCUT2D eigenvalue weighted by molar-refractivity contribution is 6.30. The lowest BCUT2D eigenvalue weighted by atomic mass is 10.00. The number of carbonyl (C=O) groups is 1. The molecule has 1 aliphatic heterocycles. The topological polar surface area (TPSA) is 45.5 Å². The molecule has 3 rings (SSSR count). The first-order valence-corrected chi connectivity index (χ1v) is 8.77. The maximum atomic E-state index is 12.3. The number of halogens is 1. The molecule has 1 saturated heterocycles. The molecule has 1 aliphatic rings. The van der Waals surface area contributed by atoms with Gasteiger partial charge in [0.25, 0.3) is 5.91 Å². The summed E-state index contributed by atoms with van der Waals surface area (Å²) < 4.78 is 5.20. The highest BCUT2D eigenvalue weighted by Crippen LogP contribution is 2.25. The number of aryl methyl sites for hydroxylation is 1. The van der Waals surface area contributed by atoms with E-state index in [9.17, 15) is 4.79 Å². The smallest absolute Gasteiger partial charge is 0.255 e. The second kappa shape index (κ2) is 7.41. The van der Waals surface area contributed by atoms with Crippen molar-refractivity contribution in [3.8, 4) is 0 Å². The van der Waals surface area contributed by atoms with E-state index in [0.717, 1.165) is 31.0 Å². The Bertz CT molecular complexity index is 688. The molecular formula is C19H23ClN2O2. The predicted octanol–water partition coefficient (Wildman–Crippen LogP) is 4.20. The van der Waals surface area contributed by atoms with Gasteiger partial charge in [-0.1, -0.05) is 23.7 Å². The van der Waals surface area contributed by atoms with Crippen LogP contribution in [0.3, 0.4) is 0 Å². The van der Waals surface area contributed by atoms with Crippen molar-refractivity contribution in [2.24, 2.45) is 0 Å². The summed E-state index contributed by atoms with van der Waals surface area (Å²) in [4.78, 5) is 14.7. The van der Waals surface area contributed by atoms with Gasteiger partial charge >= 0.3 is 0 Å². The van der Waals surface area contributed by atoms with Gasteiger partial charge in [-0.2, -0.15) is 0 Å². The SMILES string of the molecule is Cc1occc1C(=O)NC1CCN(C(C)c2ccc(Cl)cc2)CC1. The van der Waals surface area contributed by atoms with Crippen LogP contribution in [0.4, 0.5) is 0 Å². The molecule has 1 aromatic heterocycles. The van der Waals surface area contributed by atoms with Gasteiger partial charge in [0.1, 0.15) is 5.76 Å².